The number of carboxylic acid groups (broad SMARTS) is 1. The Kier molecular flexibility index (Phi) is 5.72. The summed E-state index contributed by atoms with van der Waals surface area (Å²) in [5, 5.41) is 13.3. The normalized spacial score (nSPS) is 11.9. The number of alkyl halides is 2. The Morgan fingerprint density at radius 3 is 2.21 bits per heavy atom. The average molecular weight is 272 g/mol. The topological polar surface area (TPSA) is 78.4 Å². The molecule has 0 aliphatic rings. The van der Waals surface area contributed by atoms with E-state index in [1.807, 2.05) is 5.32 Å². The molecule has 0 aromatic heterocycles. The molecule has 0 heterocycles. The van der Waals surface area contributed by atoms with E-state index in [0.717, 1.165) is 0 Å². The van der Waals surface area contributed by atoms with E-state index >= 15 is 0 Å². The van der Waals surface area contributed by atoms with Crippen molar-refractivity contribution in [1.82, 2.24) is 10.6 Å². The van der Waals surface area contributed by atoms with Crippen LogP contribution < -0.4 is 10.6 Å². The first-order chi connectivity index (χ1) is 9.00. The van der Waals surface area contributed by atoms with Crippen LogP contribution in [0.25, 0.3) is 0 Å². The van der Waals surface area contributed by atoms with Gasteiger partial charge in [-0.25, -0.2) is 13.6 Å². The molecule has 0 saturated carbocycles. The number of hydrogen-bond acceptors (Lipinski definition) is 2. The molecule has 7 heteroatoms. The summed E-state index contributed by atoms with van der Waals surface area (Å²) in [5.74, 6) is -2.01. The molecular formula is C12H14F2N2O3. The molecule has 3 N–H and O–H groups in total. The second kappa shape index (κ2) is 7.30. The van der Waals surface area contributed by atoms with Gasteiger partial charge in [-0.1, -0.05) is 30.3 Å². The number of aliphatic carboxylic acids is 1. The highest BCUT2D eigenvalue weighted by Crippen LogP contribution is 2.14. The van der Waals surface area contributed by atoms with Gasteiger partial charge in [0.25, 0.3) is 6.43 Å². The zero-order valence-corrected chi connectivity index (χ0v) is 9.98. The summed E-state index contributed by atoms with van der Waals surface area (Å²) in [6.07, 6.45) is -2.64. The van der Waals surface area contributed by atoms with Crippen molar-refractivity contribution in [3.63, 3.8) is 0 Å². The number of carboxylic acids is 1. The lowest BCUT2D eigenvalue weighted by atomic mass is 9.99. The molecule has 0 bridgehead atoms. The summed E-state index contributed by atoms with van der Waals surface area (Å²) in [6, 6.07) is 7.53. The minimum absolute atomic E-state index is 0.172. The van der Waals surface area contributed by atoms with Crippen molar-refractivity contribution >= 4 is 12.0 Å². The molecule has 5 nitrogen and oxygen atoms in total. The molecule has 1 rings (SSSR count). The van der Waals surface area contributed by atoms with Crippen LogP contribution in [-0.2, 0) is 4.79 Å². The highest BCUT2D eigenvalue weighted by Gasteiger charge is 2.20. The second-order valence-electron chi connectivity index (χ2n) is 3.78. The van der Waals surface area contributed by atoms with Gasteiger partial charge in [-0.05, 0) is 5.56 Å². The Bertz CT molecular complexity index is 426. The van der Waals surface area contributed by atoms with E-state index < -0.39 is 30.9 Å². The Morgan fingerprint density at radius 1 is 1.11 bits per heavy atom. The average Bonchev–Trinajstić information content (AvgIpc) is 2.37. The largest absolute Gasteiger partial charge is 0.481 e. The number of halogens is 2. The molecule has 104 valence electrons. The molecule has 0 aliphatic carbocycles. The van der Waals surface area contributed by atoms with E-state index in [-0.39, 0.29) is 6.54 Å². The third-order valence-corrected chi connectivity index (χ3v) is 2.38. The number of carbonyl (C=O) groups excluding carboxylic acids is 1. The minimum Gasteiger partial charge on any atom is -0.481 e. The summed E-state index contributed by atoms with van der Waals surface area (Å²) in [6.45, 7) is -0.941. The fourth-order valence-electron chi connectivity index (χ4n) is 1.46. The van der Waals surface area contributed by atoms with Gasteiger partial charge in [0.05, 0.1) is 12.5 Å². The highest BCUT2D eigenvalue weighted by molar-refractivity contribution is 5.79. The van der Waals surface area contributed by atoms with Crippen molar-refractivity contribution in [3.8, 4) is 0 Å². The van der Waals surface area contributed by atoms with Crippen molar-refractivity contribution in [2.45, 2.75) is 12.3 Å². The molecule has 0 radical (unpaired) electrons. The first-order valence-electron chi connectivity index (χ1n) is 5.58. The number of benzene rings is 1. The van der Waals surface area contributed by atoms with Crippen molar-refractivity contribution < 1.29 is 23.5 Å². The van der Waals surface area contributed by atoms with Gasteiger partial charge in [-0.3, -0.25) is 4.79 Å². The van der Waals surface area contributed by atoms with Crippen LogP contribution in [0.15, 0.2) is 30.3 Å². The van der Waals surface area contributed by atoms with E-state index in [1.54, 1.807) is 30.3 Å². The van der Waals surface area contributed by atoms with E-state index in [2.05, 4.69) is 5.32 Å². The van der Waals surface area contributed by atoms with Crippen molar-refractivity contribution in [2.24, 2.45) is 0 Å². The molecule has 1 unspecified atom stereocenters. The molecule has 2 amide bonds. The van der Waals surface area contributed by atoms with Crippen LogP contribution in [0.2, 0.25) is 0 Å². The summed E-state index contributed by atoms with van der Waals surface area (Å²) in [5.41, 5.74) is 0.532. The molecule has 19 heavy (non-hydrogen) atoms. The molecule has 0 fully saturated rings. The molecule has 1 aromatic rings. The van der Waals surface area contributed by atoms with E-state index in [4.69, 9.17) is 5.11 Å². The van der Waals surface area contributed by atoms with Crippen LogP contribution in [0, 0.1) is 0 Å². The van der Waals surface area contributed by atoms with Crippen molar-refractivity contribution in [1.29, 1.82) is 0 Å². The zero-order valence-electron chi connectivity index (χ0n) is 9.98. The van der Waals surface area contributed by atoms with Crippen molar-refractivity contribution in [2.75, 3.05) is 13.1 Å². The Labute approximate surface area is 108 Å². The summed E-state index contributed by atoms with van der Waals surface area (Å²) in [4.78, 5) is 22.2. The molecular weight excluding hydrogens is 258 g/mol. The van der Waals surface area contributed by atoms with Gasteiger partial charge in [-0.15, -0.1) is 0 Å². The maximum Gasteiger partial charge on any atom is 0.315 e. The first kappa shape index (κ1) is 14.9. The first-order valence-corrected chi connectivity index (χ1v) is 5.58. The van der Waals surface area contributed by atoms with Crippen LogP contribution in [0.4, 0.5) is 13.6 Å². The molecule has 1 aromatic carbocycles. The number of hydrogen-bond donors (Lipinski definition) is 3. The van der Waals surface area contributed by atoms with Crippen LogP contribution in [-0.4, -0.2) is 36.6 Å². The lowest BCUT2D eigenvalue weighted by Gasteiger charge is -2.14. The van der Waals surface area contributed by atoms with E-state index in [0.29, 0.717) is 5.56 Å². The number of nitrogens with one attached hydrogen (secondary N) is 2. The van der Waals surface area contributed by atoms with Crippen LogP contribution in [0.5, 0.6) is 0 Å². The van der Waals surface area contributed by atoms with Gasteiger partial charge >= 0.3 is 12.0 Å². The Morgan fingerprint density at radius 2 is 1.68 bits per heavy atom. The van der Waals surface area contributed by atoms with Crippen LogP contribution >= 0.6 is 0 Å². The third kappa shape index (κ3) is 5.33. The van der Waals surface area contributed by atoms with Crippen LogP contribution in [0.1, 0.15) is 11.5 Å². The number of rotatable bonds is 6. The van der Waals surface area contributed by atoms with Gasteiger partial charge in [-0.2, -0.15) is 0 Å². The summed E-state index contributed by atoms with van der Waals surface area (Å²) >= 11 is 0. The lowest BCUT2D eigenvalue weighted by molar-refractivity contribution is -0.138. The predicted molar refractivity (Wildman–Crippen MR) is 64.2 cm³/mol. The van der Waals surface area contributed by atoms with Gasteiger partial charge in [0, 0.05) is 6.54 Å². The Hall–Kier alpha value is -2.18. The predicted octanol–water partition coefficient (Wildman–Crippen LogP) is 1.42. The summed E-state index contributed by atoms with van der Waals surface area (Å²) < 4.78 is 23.7. The molecule has 0 saturated heterocycles. The van der Waals surface area contributed by atoms with Gasteiger partial charge in [0.15, 0.2) is 0 Å². The van der Waals surface area contributed by atoms with Crippen molar-refractivity contribution in [3.05, 3.63) is 35.9 Å². The smallest absolute Gasteiger partial charge is 0.315 e. The maximum atomic E-state index is 11.9. The van der Waals surface area contributed by atoms with E-state index in [9.17, 15) is 18.4 Å². The quantitative estimate of drug-likeness (QED) is 0.732. The number of urea groups is 1. The fraction of sp³-hybridized carbons (Fsp3) is 0.333. The van der Waals surface area contributed by atoms with Gasteiger partial charge in [0.2, 0.25) is 0 Å². The summed E-state index contributed by atoms with van der Waals surface area (Å²) in [7, 11) is 0. The molecule has 1 atom stereocenters. The van der Waals surface area contributed by atoms with Gasteiger partial charge < -0.3 is 15.7 Å². The standard InChI is InChI=1S/C12H14F2N2O3/c13-10(14)7-16-12(19)15-6-9(11(17)18)8-4-2-1-3-5-8/h1-5,9-10H,6-7H2,(H,17,18)(H2,15,16,19). The maximum absolute atomic E-state index is 11.9. The number of carbonyl (C=O) groups is 2. The molecule has 0 spiro atoms. The second-order valence-corrected chi connectivity index (χ2v) is 3.78. The third-order valence-electron chi connectivity index (χ3n) is 2.38. The van der Waals surface area contributed by atoms with E-state index in [1.165, 1.54) is 0 Å². The fourth-order valence-corrected chi connectivity index (χ4v) is 1.46. The SMILES string of the molecule is O=C(NCC(F)F)NCC(C(=O)O)c1ccccc1. The van der Waals surface area contributed by atoms with Gasteiger partial charge in [0.1, 0.15) is 0 Å². The van der Waals surface area contributed by atoms with Crippen LogP contribution in [0.3, 0.4) is 0 Å². The number of amides is 2. The monoisotopic (exact) mass is 272 g/mol. The Balaban J connectivity index is 2.52. The lowest BCUT2D eigenvalue weighted by Crippen LogP contribution is -2.41. The minimum atomic E-state index is -2.64. The zero-order chi connectivity index (χ0) is 14.3. The molecule has 0 aliphatic heterocycles. The highest BCUT2D eigenvalue weighted by atomic mass is 19.3.